The van der Waals surface area contributed by atoms with Gasteiger partial charge < -0.3 is 38.5 Å². The van der Waals surface area contributed by atoms with Crippen LogP contribution >= 0.6 is 0 Å². The molecule has 1 saturated heterocycles. The van der Waals surface area contributed by atoms with Crippen molar-refractivity contribution in [3.05, 3.63) is 65.2 Å². The number of ether oxygens (including phenoxy) is 7. The lowest BCUT2D eigenvalue weighted by atomic mass is 10.0. The summed E-state index contributed by atoms with van der Waals surface area (Å²) in [4.78, 5) is 0. The van der Waals surface area contributed by atoms with Gasteiger partial charge in [-0.15, -0.1) is 0 Å². The fourth-order valence-electron chi connectivity index (χ4n) is 4.95. The molecule has 0 saturated carbocycles. The Balaban J connectivity index is 1.69. The topological polar surface area (TPSA) is 76.6 Å². The van der Waals surface area contributed by atoms with Crippen LogP contribution in [0.1, 0.15) is 55.1 Å². The summed E-state index contributed by atoms with van der Waals surface area (Å²) in [7, 11) is 8.10. The molecule has 1 N–H and O–H groups in total. The average molecular weight is 538 g/mol. The zero-order chi connectivity index (χ0) is 27.8. The third-order valence-electron chi connectivity index (χ3n) is 6.83. The molecule has 39 heavy (non-hydrogen) atoms. The Bertz CT molecular complexity index is 1210. The number of hydrogen-bond acceptors (Lipinski definition) is 8. The monoisotopic (exact) mass is 537 g/mol. The SMILES string of the molecule is CCCOc1c(NCc2ccccc2)cc(C2CCC(c3cc(OC)c(OC)c(OC)c3)O2)c(OC)c1OC. The van der Waals surface area contributed by atoms with E-state index < -0.39 is 0 Å². The van der Waals surface area contributed by atoms with E-state index in [1.807, 2.05) is 30.3 Å². The first-order valence-electron chi connectivity index (χ1n) is 13.2. The summed E-state index contributed by atoms with van der Waals surface area (Å²) in [5, 5.41) is 3.55. The van der Waals surface area contributed by atoms with Crippen LogP contribution in [-0.4, -0.2) is 42.2 Å². The molecule has 2 unspecified atom stereocenters. The summed E-state index contributed by atoms with van der Waals surface area (Å²) in [5.74, 6) is 3.56. The number of nitrogens with one attached hydrogen (secondary N) is 1. The quantitative estimate of drug-likeness (QED) is 0.257. The van der Waals surface area contributed by atoms with E-state index in [1.54, 1.807) is 35.5 Å². The molecule has 1 heterocycles. The van der Waals surface area contributed by atoms with E-state index in [1.165, 1.54) is 0 Å². The molecule has 2 atom stereocenters. The first-order chi connectivity index (χ1) is 19.1. The van der Waals surface area contributed by atoms with Gasteiger partial charge in [-0.3, -0.25) is 0 Å². The van der Waals surface area contributed by atoms with Crippen LogP contribution in [0.4, 0.5) is 5.69 Å². The molecule has 210 valence electrons. The fraction of sp³-hybridized carbons (Fsp3) is 0.419. The van der Waals surface area contributed by atoms with Crippen molar-refractivity contribution >= 4 is 5.69 Å². The lowest BCUT2D eigenvalue weighted by Gasteiger charge is -2.24. The number of hydrogen-bond donors (Lipinski definition) is 1. The normalized spacial score (nSPS) is 16.5. The van der Waals surface area contributed by atoms with Crippen molar-refractivity contribution in [2.24, 2.45) is 0 Å². The molecular formula is C31H39NO7. The number of anilines is 1. The van der Waals surface area contributed by atoms with E-state index in [0.29, 0.717) is 47.6 Å². The van der Waals surface area contributed by atoms with Gasteiger partial charge in [-0.05, 0) is 48.6 Å². The van der Waals surface area contributed by atoms with Gasteiger partial charge in [0.05, 0.1) is 60.1 Å². The zero-order valence-corrected chi connectivity index (χ0v) is 23.7. The van der Waals surface area contributed by atoms with Crippen molar-refractivity contribution < 1.29 is 33.2 Å². The minimum Gasteiger partial charge on any atom is -0.493 e. The van der Waals surface area contributed by atoms with E-state index in [9.17, 15) is 0 Å². The Morgan fingerprint density at radius 1 is 0.744 bits per heavy atom. The molecule has 4 rings (SSSR count). The van der Waals surface area contributed by atoms with E-state index >= 15 is 0 Å². The van der Waals surface area contributed by atoms with Crippen LogP contribution in [0, 0.1) is 0 Å². The van der Waals surface area contributed by atoms with Crippen molar-refractivity contribution in [3.8, 4) is 34.5 Å². The van der Waals surface area contributed by atoms with Crippen LogP contribution in [0.3, 0.4) is 0 Å². The van der Waals surface area contributed by atoms with Gasteiger partial charge >= 0.3 is 0 Å². The Kier molecular flexibility index (Phi) is 9.65. The summed E-state index contributed by atoms with van der Waals surface area (Å²) in [5.41, 5.74) is 3.86. The fourth-order valence-corrected chi connectivity index (χ4v) is 4.95. The van der Waals surface area contributed by atoms with Crippen LogP contribution < -0.4 is 33.7 Å². The molecule has 0 radical (unpaired) electrons. The molecule has 1 aliphatic rings. The van der Waals surface area contributed by atoms with Crippen molar-refractivity contribution in [2.75, 3.05) is 47.5 Å². The standard InChI is InChI=1S/C31H39NO7/c1-7-15-38-29-23(32-19-20-11-9-8-10-12-20)18-22(28(35-4)31(29)37-6)25-14-13-24(39-25)21-16-26(33-2)30(36-5)27(17-21)34-3/h8-12,16-18,24-25,32H,7,13-15,19H2,1-6H3. The summed E-state index contributed by atoms with van der Waals surface area (Å²) in [6.45, 7) is 3.27. The van der Waals surface area contributed by atoms with Crippen LogP contribution in [0.25, 0.3) is 0 Å². The third kappa shape index (κ3) is 6.11. The van der Waals surface area contributed by atoms with Gasteiger partial charge in [0.1, 0.15) is 0 Å². The minimum atomic E-state index is -0.213. The maximum atomic E-state index is 6.63. The molecule has 3 aromatic rings. The summed E-state index contributed by atoms with van der Waals surface area (Å²) < 4.78 is 41.2. The highest BCUT2D eigenvalue weighted by atomic mass is 16.5. The summed E-state index contributed by atoms with van der Waals surface area (Å²) in [6.07, 6.45) is 2.11. The Hall–Kier alpha value is -3.78. The lowest BCUT2D eigenvalue weighted by Crippen LogP contribution is -2.10. The van der Waals surface area contributed by atoms with Gasteiger partial charge in [0.15, 0.2) is 23.0 Å². The van der Waals surface area contributed by atoms with Gasteiger partial charge in [-0.2, -0.15) is 0 Å². The second-order valence-corrected chi connectivity index (χ2v) is 9.25. The van der Waals surface area contributed by atoms with E-state index in [0.717, 1.165) is 41.6 Å². The maximum absolute atomic E-state index is 6.63. The summed E-state index contributed by atoms with van der Waals surface area (Å²) in [6, 6.07) is 16.2. The average Bonchev–Trinajstić information content (AvgIpc) is 3.48. The molecular weight excluding hydrogens is 498 g/mol. The molecule has 8 heteroatoms. The molecule has 0 aliphatic carbocycles. The molecule has 3 aromatic carbocycles. The van der Waals surface area contributed by atoms with Crippen molar-refractivity contribution in [1.29, 1.82) is 0 Å². The number of methoxy groups -OCH3 is 5. The third-order valence-corrected chi connectivity index (χ3v) is 6.83. The highest BCUT2D eigenvalue weighted by molar-refractivity contribution is 5.71. The number of rotatable bonds is 13. The Morgan fingerprint density at radius 2 is 1.38 bits per heavy atom. The largest absolute Gasteiger partial charge is 0.493 e. The molecule has 8 nitrogen and oxygen atoms in total. The second kappa shape index (κ2) is 13.3. The van der Waals surface area contributed by atoms with Gasteiger partial charge in [0, 0.05) is 12.1 Å². The van der Waals surface area contributed by atoms with Crippen LogP contribution in [0.15, 0.2) is 48.5 Å². The molecule has 0 bridgehead atoms. The molecule has 1 aliphatic heterocycles. The van der Waals surface area contributed by atoms with Gasteiger partial charge in [0.2, 0.25) is 11.5 Å². The van der Waals surface area contributed by atoms with Gasteiger partial charge in [0.25, 0.3) is 0 Å². The van der Waals surface area contributed by atoms with Crippen LogP contribution in [0.5, 0.6) is 34.5 Å². The predicted octanol–water partition coefficient (Wildman–Crippen LogP) is 6.72. The summed E-state index contributed by atoms with van der Waals surface area (Å²) >= 11 is 0. The predicted molar refractivity (Wildman–Crippen MR) is 151 cm³/mol. The van der Waals surface area contributed by atoms with Crippen LogP contribution in [0.2, 0.25) is 0 Å². The number of benzene rings is 3. The Morgan fingerprint density at radius 3 is 1.97 bits per heavy atom. The molecule has 0 amide bonds. The lowest BCUT2D eigenvalue weighted by molar-refractivity contribution is 0.0422. The van der Waals surface area contributed by atoms with E-state index in [2.05, 4.69) is 30.4 Å². The van der Waals surface area contributed by atoms with Crippen LogP contribution in [-0.2, 0) is 11.3 Å². The van der Waals surface area contributed by atoms with E-state index in [4.69, 9.17) is 33.2 Å². The molecule has 1 fully saturated rings. The highest BCUT2D eigenvalue weighted by Crippen LogP contribution is 2.52. The zero-order valence-electron chi connectivity index (χ0n) is 23.7. The van der Waals surface area contributed by atoms with Gasteiger partial charge in [-0.1, -0.05) is 37.3 Å². The Labute approximate surface area is 231 Å². The smallest absolute Gasteiger partial charge is 0.205 e. The van der Waals surface area contributed by atoms with Crippen molar-refractivity contribution in [3.63, 3.8) is 0 Å². The van der Waals surface area contributed by atoms with Crippen molar-refractivity contribution in [1.82, 2.24) is 0 Å². The second-order valence-electron chi connectivity index (χ2n) is 9.25. The highest BCUT2D eigenvalue weighted by Gasteiger charge is 2.34. The molecule has 0 spiro atoms. The first kappa shape index (κ1) is 28.2. The maximum Gasteiger partial charge on any atom is 0.205 e. The van der Waals surface area contributed by atoms with Gasteiger partial charge in [-0.25, -0.2) is 0 Å². The van der Waals surface area contributed by atoms with Crippen molar-refractivity contribution in [2.45, 2.75) is 44.9 Å². The van der Waals surface area contributed by atoms with E-state index in [-0.39, 0.29) is 12.2 Å². The minimum absolute atomic E-state index is 0.156. The molecule has 0 aromatic heterocycles. The first-order valence-corrected chi connectivity index (χ1v) is 13.2.